The van der Waals surface area contributed by atoms with Gasteiger partial charge in [0, 0.05) is 16.3 Å². The van der Waals surface area contributed by atoms with Gasteiger partial charge in [0.05, 0.1) is 11.0 Å². The maximum Gasteiger partial charge on any atom is 0.227 e. The van der Waals surface area contributed by atoms with E-state index in [9.17, 15) is 0 Å². The largest absolute Gasteiger partial charge is 0.248 e. The van der Waals surface area contributed by atoms with E-state index < -0.39 is 0 Å². The van der Waals surface area contributed by atoms with Crippen molar-refractivity contribution < 1.29 is 0 Å². The van der Waals surface area contributed by atoms with Gasteiger partial charge in [0.2, 0.25) is 10.6 Å². The average molecular weight is 327 g/mol. The zero-order valence-electron chi connectivity index (χ0n) is 11.2. The number of para-hydroxylation sites is 1. The van der Waals surface area contributed by atoms with Crippen LogP contribution < -0.4 is 0 Å². The van der Waals surface area contributed by atoms with Gasteiger partial charge < -0.3 is 0 Å². The molecule has 2 heterocycles. The third-order valence-electron chi connectivity index (χ3n) is 3.36. The molecule has 2 aromatic carbocycles. The van der Waals surface area contributed by atoms with Crippen LogP contribution in [-0.4, -0.2) is 19.9 Å². The van der Waals surface area contributed by atoms with Crippen LogP contribution in [-0.2, 0) is 0 Å². The van der Waals surface area contributed by atoms with Crippen LogP contribution in [0.4, 0.5) is 0 Å². The van der Waals surface area contributed by atoms with Crippen molar-refractivity contribution >= 4 is 45.0 Å². The van der Waals surface area contributed by atoms with Gasteiger partial charge in [-0.15, -0.1) is 0 Å². The molecule has 0 aliphatic carbocycles. The molecule has 0 spiro atoms. The summed E-state index contributed by atoms with van der Waals surface area (Å²) in [5, 5.41) is 2.30. The molecule has 22 heavy (non-hydrogen) atoms. The van der Waals surface area contributed by atoms with E-state index in [1.165, 1.54) is 0 Å². The molecule has 0 amide bonds. The van der Waals surface area contributed by atoms with Gasteiger partial charge in [-0.3, -0.25) is 0 Å². The summed E-state index contributed by atoms with van der Waals surface area (Å²) in [6.45, 7) is 0. The van der Waals surface area contributed by atoms with Crippen LogP contribution in [0.15, 0.2) is 48.5 Å². The highest BCUT2D eigenvalue weighted by molar-refractivity contribution is 6.31. The predicted molar refractivity (Wildman–Crippen MR) is 88.1 cm³/mol. The summed E-state index contributed by atoms with van der Waals surface area (Å²) >= 11 is 11.7. The lowest BCUT2D eigenvalue weighted by molar-refractivity contribution is 1.06. The molecule has 0 bridgehead atoms. The molecule has 4 nitrogen and oxygen atoms in total. The lowest BCUT2D eigenvalue weighted by Crippen LogP contribution is -1.94. The zero-order chi connectivity index (χ0) is 15.1. The van der Waals surface area contributed by atoms with Gasteiger partial charge in [0.15, 0.2) is 5.82 Å². The van der Waals surface area contributed by atoms with Crippen molar-refractivity contribution in [3.8, 4) is 11.4 Å². The number of benzene rings is 2. The Labute approximate surface area is 135 Å². The van der Waals surface area contributed by atoms with E-state index in [0.29, 0.717) is 5.82 Å². The molecule has 4 aromatic rings. The molecule has 0 N–H and O–H groups in total. The van der Waals surface area contributed by atoms with Gasteiger partial charge in [-0.25, -0.2) is 4.98 Å². The van der Waals surface area contributed by atoms with E-state index in [0.717, 1.165) is 27.4 Å². The SMILES string of the molecule is Clc1nc(Cl)nc(-c2ccc3cc4ccccc4nc3c2)n1. The number of pyridine rings is 1. The number of hydrogen-bond acceptors (Lipinski definition) is 4. The van der Waals surface area contributed by atoms with E-state index in [1.807, 2.05) is 42.5 Å². The molecule has 106 valence electrons. The van der Waals surface area contributed by atoms with Gasteiger partial charge in [-0.2, -0.15) is 15.0 Å². The standard InChI is InChI=1S/C16H8Cl2N4/c17-15-20-14(21-16(18)22-15)11-6-5-10-7-9-3-1-2-4-12(9)19-13(10)8-11/h1-8H. The fourth-order valence-corrected chi connectivity index (χ4v) is 2.73. The van der Waals surface area contributed by atoms with Gasteiger partial charge >= 0.3 is 0 Å². The van der Waals surface area contributed by atoms with E-state index in [2.05, 4.69) is 26.0 Å². The highest BCUT2D eigenvalue weighted by Gasteiger charge is 2.08. The summed E-state index contributed by atoms with van der Waals surface area (Å²) in [5.41, 5.74) is 2.60. The first-order chi connectivity index (χ1) is 10.7. The highest BCUT2D eigenvalue weighted by atomic mass is 35.5. The van der Waals surface area contributed by atoms with Crippen molar-refractivity contribution in [2.75, 3.05) is 0 Å². The summed E-state index contributed by atoms with van der Waals surface area (Å²) in [6, 6.07) is 15.9. The Morgan fingerprint density at radius 3 is 2.18 bits per heavy atom. The minimum Gasteiger partial charge on any atom is -0.248 e. The lowest BCUT2D eigenvalue weighted by Gasteiger charge is -2.05. The molecular weight excluding hydrogens is 319 g/mol. The molecule has 0 saturated heterocycles. The molecule has 0 aliphatic heterocycles. The molecule has 2 aromatic heterocycles. The third-order valence-corrected chi connectivity index (χ3v) is 3.70. The van der Waals surface area contributed by atoms with Crippen molar-refractivity contribution in [1.29, 1.82) is 0 Å². The van der Waals surface area contributed by atoms with E-state index in [4.69, 9.17) is 23.2 Å². The van der Waals surface area contributed by atoms with Crippen LogP contribution in [0.1, 0.15) is 0 Å². The molecule has 4 rings (SSSR count). The number of fused-ring (bicyclic) bond motifs is 2. The highest BCUT2D eigenvalue weighted by Crippen LogP contribution is 2.25. The zero-order valence-corrected chi connectivity index (χ0v) is 12.7. The van der Waals surface area contributed by atoms with Crippen LogP contribution in [0.2, 0.25) is 10.6 Å². The van der Waals surface area contributed by atoms with Gasteiger partial charge in [-0.1, -0.05) is 30.3 Å². The Balaban J connectivity index is 1.94. The lowest BCUT2D eigenvalue weighted by atomic mass is 10.1. The second kappa shape index (κ2) is 5.16. The molecule has 0 atom stereocenters. The fraction of sp³-hybridized carbons (Fsp3) is 0. The third kappa shape index (κ3) is 2.36. The fourth-order valence-electron chi connectivity index (χ4n) is 2.37. The monoisotopic (exact) mass is 326 g/mol. The first-order valence-corrected chi connectivity index (χ1v) is 7.32. The summed E-state index contributed by atoms with van der Waals surface area (Å²) in [7, 11) is 0. The molecule has 0 saturated carbocycles. The summed E-state index contributed by atoms with van der Waals surface area (Å²) < 4.78 is 0. The molecule has 0 aliphatic rings. The van der Waals surface area contributed by atoms with Crippen molar-refractivity contribution in [1.82, 2.24) is 19.9 Å². The molecule has 0 unspecified atom stereocenters. The topological polar surface area (TPSA) is 51.6 Å². The summed E-state index contributed by atoms with van der Waals surface area (Å²) in [5.74, 6) is 0.432. The Bertz CT molecular complexity index is 997. The number of halogens is 2. The van der Waals surface area contributed by atoms with E-state index in [1.54, 1.807) is 0 Å². The first-order valence-electron chi connectivity index (χ1n) is 6.56. The average Bonchev–Trinajstić information content (AvgIpc) is 2.51. The van der Waals surface area contributed by atoms with Gasteiger partial charge in [0.1, 0.15) is 0 Å². The maximum absolute atomic E-state index is 5.83. The second-order valence-corrected chi connectivity index (χ2v) is 5.46. The second-order valence-electron chi connectivity index (χ2n) is 4.79. The Morgan fingerprint density at radius 1 is 0.636 bits per heavy atom. The normalized spacial score (nSPS) is 11.2. The Hall–Kier alpha value is -2.30. The summed E-state index contributed by atoms with van der Waals surface area (Å²) in [4.78, 5) is 16.6. The van der Waals surface area contributed by atoms with Crippen LogP contribution >= 0.6 is 23.2 Å². The Kier molecular flexibility index (Phi) is 3.13. The number of hydrogen-bond donors (Lipinski definition) is 0. The number of rotatable bonds is 1. The Morgan fingerprint density at radius 2 is 1.36 bits per heavy atom. The van der Waals surface area contributed by atoms with Gasteiger partial charge in [-0.05, 0) is 41.4 Å². The smallest absolute Gasteiger partial charge is 0.227 e. The quantitative estimate of drug-likeness (QED) is 0.481. The van der Waals surface area contributed by atoms with Crippen molar-refractivity contribution in [3.05, 3.63) is 59.1 Å². The molecule has 6 heteroatoms. The number of nitrogens with zero attached hydrogens (tertiary/aromatic N) is 4. The van der Waals surface area contributed by atoms with Crippen LogP contribution in [0.5, 0.6) is 0 Å². The van der Waals surface area contributed by atoms with E-state index >= 15 is 0 Å². The minimum absolute atomic E-state index is 0.0709. The number of aromatic nitrogens is 4. The maximum atomic E-state index is 5.83. The van der Waals surface area contributed by atoms with E-state index in [-0.39, 0.29) is 10.6 Å². The van der Waals surface area contributed by atoms with Crippen molar-refractivity contribution in [2.45, 2.75) is 0 Å². The van der Waals surface area contributed by atoms with Crippen LogP contribution in [0.25, 0.3) is 33.2 Å². The molecule has 0 radical (unpaired) electrons. The first kappa shape index (κ1) is 13.4. The minimum atomic E-state index is 0.0709. The van der Waals surface area contributed by atoms with Crippen molar-refractivity contribution in [3.63, 3.8) is 0 Å². The predicted octanol–water partition coefficient (Wildman–Crippen LogP) is 4.55. The van der Waals surface area contributed by atoms with Crippen LogP contribution in [0.3, 0.4) is 0 Å². The van der Waals surface area contributed by atoms with Crippen LogP contribution in [0, 0.1) is 0 Å². The van der Waals surface area contributed by atoms with Crippen molar-refractivity contribution in [2.24, 2.45) is 0 Å². The molecular formula is C16H8Cl2N4. The van der Waals surface area contributed by atoms with Gasteiger partial charge in [0.25, 0.3) is 0 Å². The molecule has 0 fully saturated rings. The summed E-state index contributed by atoms with van der Waals surface area (Å²) in [6.07, 6.45) is 0.